The second-order valence-electron chi connectivity index (χ2n) is 4.39. The lowest BCUT2D eigenvalue weighted by Gasteiger charge is -2.28. The molecule has 0 radical (unpaired) electrons. The van der Waals surface area contributed by atoms with Crippen molar-refractivity contribution in [3.63, 3.8) is 0 Å². The third-order valence-electron chi connectivity index (χ3n) is 3.02. The van der Waals surface area contributed by atoms with E-state index in [1.54, 1.807) is 0 Å². The van der Waals surface area contributed by atoms with Gasteiger partial charge >= 0.3 is 0 Å². The monoisotopic (exact) mass is 236 g/mol. The summed E-state index contributed by atoms with van der Waals surface area (Å²) in [5, 5.41) is 0. The van der Waals surface area contributed by atoms with E-state index >= 15 is 0 Å². The van der Waals surface area contributed by atoms with E-state index < -0.39 is 0 Å². The predicted octanol–water partition coefficient (Wildman–Crippen LogP) is 1.37. The number of nitrogen functional groups attached to an aromatic ring is 1. The summed E-state index contributed by atoms with van der Waals surface area (Å²) in [7, 11) is 2.03. The molecule has 0 aromatic carbocycles. The SMILES string of the molecule is CN(CC1CCCCO1)c1cccc(NN)n1. The molecule has 2 rings (SSSR count). The number of nitrogens with one attached hydrogen (secondary N) is 1. The highest BCUT2D eigenvalue weighted by Gasteiger charge is 2.16. The van der Waals surface area contributed by atoms with Crippen molar-refractivity contribution in [3.8, 4) is 0 Å². The third-order valence-corrected chi connectivity index (χ3v) is 3.02. The van der Waals surface area contributed by atoms with Crippen LogP contribution in [-0.2, 0) is 4.74 Å². The minimum absolute atomic E-state index is 0.324. The number of ether oxygens (including phenoxy) is 1. The molecule has 2 heterocycles. The highest BCUT2D eigenvalue weighted by Crippen LogP contribution is 2.17. The molecule has 17 heavy (non-hydrogen) atoms. The predicted molar refractivity (Wildman–Crippen MR) is 68.9 cm³/mol. The highest BCUT2D eigenvalue weighted by molar-refractivity contribution is 5.45. The number of nitrogens with zero attached hydrogens (tertiary/aromatic N) is 2. The maximum Gasteiger partial charge on any atom is 0.142 e. The first-order valence-electron chi connectivity index (χ1n) is 6.06. The van der Waals surface area contributed by atoms with Gasteiger partial charge in [0, 0.05) is 20.2 Å². The molecule has 1 aliphatic rings. The molecule has 0 bridgehead atoms. The Morgan fingerprint density at radius 2 is 2.41 bits per heavy atom. The Hall–Kier alpha value is -1.33. The van der Waals surface area contributed by atoms with Crippen LogP contribution in [0.3, 0.4) is 0 Å². The molecule has 1 aliphatic heterocycles. The number of pyridine rings is 1. The number of hydrazine groups is 1. The Kier molecular flexibility index (Phi) is 4.17. The van der Waals surface area contributed by atoms with E-state index in [1.807, 2.05) is 25.2 Å². The quantitative estimate of drug-likeness (QED) is 0.610. The van der Waals surface area contributed by atoms with E-state index in [9.17, 15) is 0 Å². The Labute approximate surface area is 102 Å². The Morgan fingerprint density at radius 1 is 1.53 bits per heavy atom. The Morgan fingerprint density at radius 3 is 3.12 bits per heavy atom. The average Bonchev–Trinajstić information content (AvgIpc) is 2.40. The van der Waals surface area contributed by atoms with E-state index in [0.717, 1.165) is 25.4 Å². The summed E-state index contributed by atoms with van der Waals surface area (Å²) in [5.41, 5.74) is 2.56. The third kappa shape index (κ3) is 3.31. The molecule has 5 nitrogen and oxygen atoms in total. The van der Waals surface area contributed by atoms with Gasteiger partial charge in [-0.2, -0.15) is 0 Å². The van der Waals surface area contributed by atoms with Crippen molar-refractivity contribution in [2.45, 2.75) is 25.4 Å². The summed E-state index contributed by atoms with van der Waals surface area (Å²) >= 11 is 0. The maximum atomic E-state index is 5.72. The zero-order chi connectivity index (χ0) is 12.1. The summed E-state index contributed by atoms with van der Waals surface area (Å²) in [5.74, 6) is 6.94. The average molecular weight is 236 g/mol. The van der Waals surface area contributed by atoms with Crippen LogP contribution >= 0.6 is 0 Å². The van der Waals surface area contributed by atoms with Crippen molar-refractivity contribution in [2.75, 3.05) is 30.5 Å². The number of nitrogens with two attached hydrogens (primary N) is 1. The maximum absolute atomic E-state index is 5.72. The topological polar surface area (TPSA) is 63.4 Å². The number of hydrogen-bond acceptors (Lipinski definition) is 5. The standard InChI is InChI=1S/C12H20N4O/c1-16(9-10-5-2-3-8-17-10)12-7-4-6-11(14-12)15-13/h4,6-7,10H,2-3,5,8-9,13H2,1H3,(H,14,15). The molecule has 94 valence electrons. The molecule has 0 spiro atoms. The van der Waals surface area contributed by atoms with Crippen LogP contribution < -0.4 is 16.2 Å². The van der Waals surface area contributed by atoms with Crippen LogP contribution in [0.25, 0.3) is 0 Å². The van der Waals surface area contributed by atoms with Crippen molar-refractivity contribution >= 4 is 11.6 Å². The van der Waals surface area contributed by atoms with Gasteiger partial charge in [-0.25, -0.2) is 10.8 Å². The van der Waals surface area contributed by atoms with Gasteiger partial charge in [0.2, 0.25) is 0 Å². The van der Waals surface area contributed by atoms with Crippen molar-refractivity contribution < 1.29 is 4.74 Å². The molecule has 1 unspecified atom stereocenters. The molecule has 0 aliphatic carbocycles. The number of anilines is 2. The van der Waals surface area contributed by atoms with Crippen LogP contribution in [0, 0.1) is 0 Å². The van der Waals surface area contributed by atoms with E-state index in [1.165, 1.54) is 12.8 Å². The van der Waals surface area contributed by atoms with Gasteiger partial charge in [-0.05, 0) is 31.4 Å². The van der Waals surface area contributed by atoms with Crippen LogP contribution in [0.4, 0.5) is 11.6 Å². The van der Waals surface area contributed by atoms with Gasteiger partial charge in [-0.15, -0.1) is 0 Å². The normalized spacial score (nSPS) is 20.0. The summed E-state index contributed by atoms with van der Waals surface area (Å²) < 4.78 is 5.72. The van der Waals surface area contributed by atoms with E-state index in [4.69, 9.17) is 10.6 Å². The van der Waals surface area contributed by atoms with E-state index in [-0.39, 0.29) is 0 Å². The molecule has 1 fully saturated rings. The van der Waals surface area contributed by atoms with Crippen LogP contribution in [0.2, 0.25) is 0 Å². The molecule has 0 amide bonds. The molecule has 0 saturated carbocycles. The lowest BCUT2D eigenvalue weighted by molar-refractivity contribution is 0.0215. The fourth-order valence-corrected chi connectivity index (χ4v) is 2.07. The van der Waals surface area contributed by atoms with Crippen LogP contribution in [0.15, 0.2) is 18.2 Å². The van der Waals surface area contributed by atoms with Gasteiger partial charge in [-0.3, -0.25) is 0 Å². The molecule has 1 aromatic heterocycles. The van der Waals surface area contributed by atoms with Crippen molar-refractivity contribution in [2.24, 2.45) is 5.84 Å². The molecule has 1 atom stereocenters. The summed E-state index contributed by atoms with van der Waals surface area (Å²) in [6, 6.07) is 5.76. The van der Waals surface area contributed by atoms with Crippen molar-refractivity contribution in [3.05, 3.63) is 18.2 Å². The number of hydrogen-bond donors (Lipinski definition) is 2. The van der Waals surface area contributed by atoms with Crippen LogP contribution in [-0.4, -0.2) is 31.3 Å². The molecule has 5 heteroatoms. The highest BCUT2D eigenvalue weighted by atomic mass is 16.5. The largest absolute Gasteiger partial charge is 0.376 e. The smallest absolute Gasteiger partial charge is 0.142 e. The van der Waals surface area contributed by atoms with Gasteiger partial charge in [0.15, 0.2) is 0 Å². The molecular formula is C12H20N4O. The zero-order valence-electron chi connectivity index (χ0n) is 10.2. The number of rotatable bonds is 4. The van der Waals surface area contributed by atoms with Gasteiger partial charge in [-0.1, -0.05) is 6.07 Å². The van der Waals surface area contributed by atoms with Gasteiger partial charge < -0.3 is 15.1 Å². The fraction of sp³-hybridized carbons (Fsp3) is 0.583. The Bertz CT molecular complexity index is 352. The minimum Gasteiger partial charge on any atom is -0.376 e. The first-order valence-corrected chi connectivity index (χ1v) is 6.06. The molecule has 3 N–H and O–H groups in total. The fourth-order valence-electron chi connectivity index (χ4n) is 2.07. The van der Waals surface area contributed by atoms with Crippen LogP contribution in [0.1, 0.15) is 19.3 Å². The summed E-state index contributed by atoms with van der Waals surface area (Å²) in [6.45, 7) is 1.76. The van der Waals surface area contributed by atoms with E-state index in [2.05, 4.69) is 15.3 Å². The minimum atomic E-state index is 0.324. The first kappa shape index (κ1) is 12.1. The zero-order valence-corrected chi connectivity index (χ0v) is 10.2. The first-order chi connectivity index (χ1) is 8.29. The van der Waals surface area contributed by atoms with Gasteiger partial charge in [0.25, 0.3) is 0 Å². The lowest BCUT2D eigenvalue weighted by Crippen LogP contribution is -2.33. The van der Waals surface area contributed by atoms with E-state index in [0.29, 0.717) is 11.9 Å². The van der Waals surface area contributed by atoms with Crippen LogP contribution in [0.5, 0.6) is 0 Å². The molecule has 1 saturated heterocycles. The molecular weight excluding hydrogens is 216 g/mol. The van der Waals surface area contributed by atoms with Crippen molar-refractivity contribution in [1.29, 1.82) is 0 Å². The number of likely N-dealkylation sites (N-methyl/N-ethyl adjacent to an activating group) is 1. The van der Waals surface area contributed by atoms with Crippen molar-refractivity contribution in [1.82, 2.24) is 4.98 Å². The van der Waals surface area contributed by atoms with Gasteiger partial charge in [0.05, 0.1) is 6.10 Å². The second kappa shape index (κ2) is 5.84. The lowest BCUT2D eigenvalue weighted by atomic mass is 10.1. The summed E-state index contributed by atoms with van der Waals surface area (Å²) in [4.78, 5) is 6.50. The summed E-state index contributed by atoms with van der Waals surface area (Å²) in [6.07, 6.45) is 3.91. The molecule has 1 aromatic rings. The number of aromatic nitrogens is 1. The second-order valence-corrected chi connectivity index (χ2v) is 4.39. The van der Waals surface area contributed by atoms with Gasteiger partial charge in [0.1, 0.15) is 11.6 Å². The Balaban J connectivity index is 1.95.